The van der Waals surface area contributed by atoms with Crippen molar-refractivity contribution in [2.75, 3.05) is 13.6 Å². The van der Waals surface area contributed by atoms with Crippen LogP contribution in [0.5, 0.6) is 0 Å². The number of rotatable bonds is 5. The Morgan fingerprint density at radius 3 is 2.59 bits per heavy atom. The van der Waals surface area contributed by atoms with Gasteiger partial charge in [-0.05, 0) is 36.3 Å². The molecule has 0 aromatic carbocycles. The number of halogens is 2. The number of aromatic nitrogens is 1. The summed E-state index contributed by atoms with van der Waals surface area (Å²) >= 11 is 5.79. The minimum atomic E-state index is 0. The van der Waals surface area contributed by atoms with Crippen molar-refractivity contribution in [1.82, 2.24) is 15.6 Å². The Hall–Kier alpha value is -0.560. The Balaban J connectivity index is 0.00000242. The molecule has 0 bridgehead atoms. The molecule has 0 radical (unpaired) electrons. The highest BCUT2D eigenvalue weighted by Crippen LogP contribution is 2.40. The molecule has 1 aliphatic rings. The molecule has 1 fully saturated rings. The first-order valence-electron chi connectivity index (χ1n) is 7.72. The van der Waals surface area contributed by atoms with Crippen LogP contribution in [-0.2, 0) is 6.54 Å². The number of nitrogens with zero attached hydrogens (tertiary/aromatic N) is 2. The molecule has 0 atom stereocenters. The summed E-state index contributed by atoms with van der Waals surface area (Å²) in [4.78, 5) is 8.38. The second-order valence-corrected chi connectivity index (χ2v) is 6.22. The SMILES string of the molecule is CCC1(CNC(=NC)NCc2ccc(Cl)nc2)CCCC1.I. The lowest BCUT2D eigenvalue weighted by molar-refractivity contribution is 0.283. The second-order valence-electron chi connectivity index (χ2n) is 5.83. The van der Waals surface area contributed by atoms with Crippen LogP contribution in [0.1, 0.15) is 44.6 Å². The van der Waals surface area contributed by atoms with E-state index in [0.29, 0.717) is 17.1 Å². The number of hydrogen-bond donors (Lipinski definition) is 2. The van der Waals surface area contributed by atoms with Crippen LogP contribution in [0.3, 0.4) is 0 Å². The van der Waals surface area contributed by atoms with Crippen molar-refractivity contribution in [1.29, 1.82) is 0 Å². The van der Waals surface area contributed by atoms with Gasteiger partial charge in [-0.3, -0.25) is 4.99 Å². The maximum atomic E-state index is 5.79. The molecule has 2 N–H and O–H groups in total. The topological polar surface area (TPSA) is 49.3 Å². The number of hydrogen-bond acceptors (Lipinski definition) is 2. The Morgan fingerprint density at radius 1 is 1.32 bits per heavy atom. The van der Waals surface area contributed by atoms with Crippen LogP contribution in [0.2, 0.25) is 5.15 Å². The Kier molecular flexibility index (Phi) is 8.46. The largest absolute Gasteiger partial charge is 0.356 e. The molecule has 1 aromatic heterocycles. The Bertz CT molecular complexity index is 470. The van der Waals surface area contributed by atoms with E-state index in [9.17, 15) is 0 Å². The Morgan fingerprint density at radius 2 is 2.05 bits per heavy atom. The molecule has 1 aromatic rings. The zero-order chi connectivity index (χ0) is 15.1. The molecular weight excluding hydrogens is 411 g/mol. The normalized spacial score (nSPS) is 17.0. The summed E-state index contributed by atoms with van der Waals surface area (Å²) in [6.45, 7) is 3.99. The number of nitrogens with one attached hydrogen (secondary N) is 2. The van der Waals surface area contributed by atoms with Gasteiger partial charge in [0.2, 0.25) is 0 Å². The molecular formula is C16H26ClIN4. The molecule has 0 saturated heterocycles. The molecule has 2 rings (SSSR count). The standard InChI is InChI=1S/C16H25ClN4.HI/c1-3-16(8-4-5-9-16)12-21-15(18-2)20-11-13-6-7-14(17)19-10-13;/h6-7,10H,3-5,8-9,11-12H2,1-2H3,(H2,18,20,21);1H. The molecule has 1 heterocycles. The first kappa shape index (κ1) is 19.5. The molecule has 22 heavy (non-hydrogen) atoms. The van der Waals surface area contributed by atoms with Crippen molar-refractivity contribution >= 4 is 41.5 Å². The minimum Gasteiger partial charge on any atom is -0.356 e. The third-order valence-corrected chi connectivity index (χ3v) is 4.74. The van der Waals surface area contributed by atoms with Gasteiger partial charge in [0.15, 0.2) is 5.96 Å². The van der Waals surface area contributed by atoms with E-state index in [1.54, 1.807) is 12.3 Å². The summed E-state index contributed by atoms with van der Waals surface area (Å²) in [7, 11) is 1.81. The summed E-state index contributed by atoms with van der Waals surface area (Å²) in [5.74, 6) is 0.852. The van der Waals surface area contributed by atoms with Crippen LogP contribution >= 0.6 is 35.6 Å². The maximum Gasteiger partial charge on any atom is 0.191 e. The summed E-state index contributed by atoms with van der Waals surface area (Å²) in [5, 5.41) is 7.32. The van der Waals surface area contributed by atoms with Crippen molar-refractivity contribution in [2.45, 2.75) is 45.6 Å². The lowest BCUT2D eigenvalue weighted by Crippen LogP contribution is -2.42. The zero-order valence-electron chi connectivity index (χ0n) is 13.4. The van der Waals surface area contributed by atoms with Gasteiger partial charge in [-0.1, -0.05) is 37.4 Å². The molecule has 0 amide bonds. The Labute approximate surface area is 155 Å². The fraction of sp³-hybridized carbons (Fsp3) is 0.625. The first-order valence-corrected chi connectivity index (χ1v) is 8.10. The van der Waals surface area contributed by atoms with Crippen molar-refractivity contribution < 1.29 is 0 Å². The average molecular weight is 437 g/mol. The van der Waals surface area contributed by atoms with Gasteiger partial charge < -0.3 is 10.6 Å². The monoisotopic (exact) mass is 436 g/mol. The van der Waals surface area contributed by atoms with Crippen molar-refractivity contribution in [3.8, 4) is 0 Å². The van der Waals surface area contributed by atoms with Crippen LogP contribution in [0.15, 0.2) is 23.3 Å². The van der Waals surface area contributed by atoms with E-state index in [4.69, 9.17) is 11.6 Å². The highest BCUT2D eigenvalue weighted by molar-refractivity contribution is 14.0. The average Bonchev–Trinajstić information content (AvgIpc) is 2.99. The van der Waals surface area contributed by atoms with Crippen LogP contribution in [0.25, 0.3) is 0 Å². The van der Waals surface area contributed by atoms with Gasteiger partial charge in [0.1, 0.15) is 5.15 Å². The van der Waals surface area contributed by atoms with E-state index in [2.05, 4.69) is 27.5 Å². The predicted molar refractivity (Wildman–Crippen MR) is 104 cm³/mol. The van der Waals surface area contributed by atoms with Crippen LogP contribution in [0.4, 0.5) is 0 Å². The van der Waals surface area contributed by atoms with E-state index >= 15 is 0 Å². The van der Waals surface area contributed by atoms with Gasteiger partial charge in [-0.2, -0.15) is 0 Å². The summed E-state index contributed by atoms with van der Waals surface area (Å²) in [6.07, 6.45) is 8.39. The third-order valence-electron chi connectivity index (χ3n) is 4.52. The van der Waals surface area contributed by atoms with Crippen LogP contribution in [0, 0.1) is 5.41 Å². The van der Waals surface area contributed by atoms with Crippen LogP contribution in [-0.4, -0.2) is 24.5 Å². The van der Waals surface area contributed by atoms with Gasteiger partial charge in [-0.25, -0.2) is 4.98 Å². The summed E-state index contributed by atoms with van der Waals surface area (Å²) < 4.78 is 0. The quantitative estimate of drug-likeness (QED) is 0.318. The van der Waals surface area contributed by atoms with E-state index in [-0.39, 0.29) is 24.0 Å². The molecule has 1 aliphatic carbocycles. The zero-order valence-corrected chi connectivity index (χ0v) is 16.4. The number of guanidine groups is 1. The number of pyridine rings is 1. The smallest absolute Gasteiger partial charge is 0.191 e. The lowest BCUT2D eigenvalue weighted by Gasteiger charge is -2.28. The first-order chi connectivity index (χ1) is 10.2. The van der Waals surface area contributed by atoms with E-state index in [1.807, 2.05) is 13.1 Å². The van der Waals surface area contributed by atoms with Gasteiger partial charge >= 0.3 is 0 Å². The fourth-order valence-electron chi connectivity index (χ4n) is 2.97. The summed E-state index contributed by atoms with van der Waals surface area (Å²) in [5.41, 5.74) is 1.55. The molecule has 6 heteroatoms. The van der Waals surface area contributed by atoms with E-state index < -0.39 is 0 Å². The molecule has 0 unspecified atom stereocenters. The van der Waals surface area contributed by atoms with Crippen molar-refractivity contribution in [2.24, 2.45) is 10.4 Å². The molecule has 0 spiro atoms. The van der Waals surface area contributed by atoms with E-state index in [1.165, 1.54) is 32.1 Å². The molecule has 0 aliphatic heterocycles. The highest BCUT2D eigenvalue weighted by atomic mass is 127. The van der Waals surface area contributed by atoms with Gasteiger partial charge in [0.05, 0.1) is 0 Å². The maximum absolute atomic E-state index is 5.79. The van der Waals surface area contributed by atoms with Gasteiger partial charge in [0, 0.05) is 26.3 Å². The summed E-state index contributed by atoms with van der Waals surface area (Å²) in [6, 6.07) is 3.78. The number of aliphatic imine (C=N–C) groups is 1. The fourth-order valence-corrected chi connectivity index (χ4v) is 3.08. The molecule has 4 nitrogen and oxygen atoms in total. The van der Waals surface area contributed by atoms with Gasteiger partial charge in [-0.15, -0.1) is 24.0 Å². The predicted octanol–water partition coefficient (Wildman–Crippen LogP) is 3.99. The second kappa shape index (κ2) is 9.55. The lowest BCUT2D eigenvalue weighted by atomic mass is 9.83. The van der Waals surface area contributed by atoms with Crippen molar-refractivity contribution in [3.63, 3.8) is 0 Å². The van der Waals surface area contributed by atoms with Crippen molar-refractivity contribution in [3.05, 3.63) is 29.0 Å². The highest BCUT2D eigenvalue weighted by Gasteiger charge is 2.31. The third kappa shape index (κ3) is 5.57. The molecule has 1 saturated carbocycles. The minimum absolute atomic E-state index is 0. The van der Waals surface area contributed by atoms with Crippen LogP contribution < -0.4 is 10.6 Å². The van der Waals surface area contributed by atoms with E-state index in [0.717, 1.165) is 18.1 Å². The molecule has 124 valence electrons. The van der Waals surface area contributed by atoms with Gasteiger partial charge in [0.25, 0.3) is 0 Å².